The maximum Gasteiger partial charge on any atom is 0.412 e. The molecule has 1 saturated heterocycles. The molecule has 2 N–H and O–H groups in total. The minimum Gasteiger partial charge on any atom is -0.467 e. The molecule has 0 aromatic heterocycles. The lowest BCUT2D eigenvalue weighted by Crippen LogP contribution is -2.63. The Kier molecular flexibility index (Phi) is 7.48. The summed E-state index contributed by atoms with van der Waals surface area (Å²) in [6.45, 7) is 14.2. The molecule has 0 saturated carbocycles. The number of thioether (sulfide) groups is 1. The van der Waals surface area contributed by atoms with E-state index in [1.165, 1.54) is 16.7 Å². The number of hydrogen-bond acceptors (Lipinski definition) is 8. The topological polar surface area (TPSA) is 106 Å². The highest BCUT2D eigenvalue weighted by molar-refractivity contribution is 8.00. The van der Waals surface area contributed by atoms with Crippen molar-refractivity contribution < 1.29 is 34.0 Å². The van der Waals surface area contributed by atoms with Gasteiger partial charge in [0.25, 0.3) is 0 Å². The molecule has 1 aliphatic heterocycles. The molecule has 0 aliphatic carbocycles. The van der Waals surface area contributed by atoms with E-state index in [4.69, 9.17) is 14.2 Å². The van der Waals surface area contributed by atoms with E-state index in [1.54, 1.807) is 34.6 Å². The van der Waals surface area contributed by atoms with Crippen LogP contribution in [0.25, 0.3) is 0 Å². The molecule has 0 radical (unpaired) electrons. The zero-order chi connectivity index (χ0) is 22.1. The molecular weight excluding hydrogens is 386 g/mol. The Hall–Kier alpha value is -1.03. The molecule has 0 aromatic carbocycles. The second kappa shape index (κ2) is 8.38. The fourth-order valence-corrected chi connectivity index (χ4v) is 3.76. The third-order valence-corrected chi connectivity index (χ3v) is 5.68. The van der Waals surface area contributed by atoms with E-state index >= 15 is 0 Å². The molecule has 1 amide bonds. The fraction of sp³-hybridized carbons (Fsp3) is 0.895. The number of hydrogen-bond donors (Lipinski definition) is 2. The van der Waals surface area contributed by atoms with Crippen molar-refractivity contribution >= 4 is 23.8 Å². The second-order valence-electron chi connectivity index (χ2n) is 9.44. The normalized spacial score (nSPS) is 23.1. The van der Waals surface area contributed by atoms with Gasteiger partial charge in [-0.2, -0.15) is 11.8 Å². The van der Waals surface area contributed by atoms with E-state index in [0.29, 0.717) is 0 Å². The molecular formula is C19H35NO7S. The second-order valence-corrected chi connectivity index (χ2v) is 11.2. The molecule has 28 heavy (non-hydrogen) atoms. The van der Waals surface area contributed by atoms with Crippen molar-refractivity contribution in [2.45, 2.75) is 89.2 Å². The van der Waals surface area contributed by atoms with Crippen LogP contribution in [0, 0.1) is 0 Å². The van der Waals surface area contributed by atoms with Crippen molar-refractivity contribution in [3.8, 4) is 0 Å². The number of aliphatic hydroxyl groups excluding tert-OH is 1. The van der Waals surface area contributed by atoms with Crippen molar-refractivity contribution in [3.63, 3.8) is 0 Å². The lowest BCUT2D eigenvalue weighted by molar-refractivity contribution is -0.176. The Morgan fingerprint density at radius 1 is 1.25 bits per heavy atom. The highest BCUT2D eigenvalue weighted by Gasteiger charge is 2.56. The van der Waals surface area contributed by atoms with Gasteiger partial charge in [-0.05, 0) is 34.6 Å². The number of ether oxygens (including phenoxy) is 3. The third kappa shape index (κ3) is 5.98. The van der Waals surface area contributed by atoms with Crippen LogP contribution < -0.4 is 0 Å². The lowest BCUT2D eigenvalue weighted by atomic mass is 9.92. The van der Waals surface area contributed by atoms with Gasteiger partial charge in [0.05, 0.1) is 19.8 Å². The predicted octanol–water partition coefficient (Wildman–Crippen LogP) is 2.16. The summed E-state index contributed by atoms with van der Waals surface area (Å²) in [5.74, 6) is -1.07. The third-order valence-electron chi connectivity index (χ3n) is 4.23. The van der Waals surface area contributed by atoms with Gasteiger partial charge < -0.3 is 24.4 Å². The molecule has 0 spiro atoms. The first-order chi connectivity index (χ1) is 12.4. The predicted molar refractivity (Wildman–Crippen MR) is 107 cm³/mol. The van der Waals surface area contributed by atoms with Crippen LogP contribution in [0.1, 0.15) is 55.4 Å². The Balaban J connectivity index is 3.23. The number of rotatable bonds is 5. The summed E-state index contributed by atoms with van der Waals surface area (Å²) >= 11 is 1.30. The maximum atomic E-state index is 12.8. The summed E-state index contributed by atoms with van der Waals surface area (Å²) in [6, 6.07) is -0.991. The number of esters is 1. The van der Waals surface area contributed by atoms with E-state index in [-0.39, 0.29) is 17.1 Å². The maximum absolute atomic E-state index is 12.8. The number of amides is 1. The average Bonchev–Trinajstić information content (AvgIpc) is 2.83. The van der Waals surface area contributed by atoms with Crippen molar-refractivity contribution in [1.29, 1.82) is 0 Å². The van der Waals surface area contributed by atoms with E-state index < -0.39 is 41.1 Å². The summed E-state index contributed by atoms with van der Waals surface area (Å²) in [4.78, 5) is 26.4. The smallest absolute Gasteiger partial charge is 0.412 e. The number of aliphatic hydroxyl groups is 2. The molecule has 1 heterocycles. The molecule has 3 atom stereocenters. The van der Waals surface area contributed by atoms with Crippen LogP contribution in [0.2, 0.25) is 0 Å². The summed E-state index contributed by atoms with van der Waals surface area (Å²) in [6.07, 6.45) is -2.33. The average molecular weight is 422 g/mol. The van der Waals surface area contributed by atoms with E-state index in [2.05, 4.69) is 0 Å². The van der Waals surface area contributed by atoms with Crippen molar-refractivity contribution in [2.75, 3.05) is 19.5 Å². The Morgan fingerprint density at radius 3 is 2.21 bits per heavy atom. The van der Waals surface area contributed by atoms with Gasteiger partial charge in [0.1, 0.15) is 17.4 Å². The molecule has 1 aliphatic rings. The highest BCUT2D eigenvalue weighted by Crippen LogP contribution is 2.36. The van der Waals surface area contributed by atoms with Crippen LogP contribution >= 0.6 is 11.8 Å². The number of carbonyl (C=O) groups is 2. The van der Waals surface area contributed by atoms with Crippen LogP contribution in [0.4, 0.5) is 4.79 Å². The molecule has 0 bridgehead atoms. The summed E-state index contributed by atoms with van der Waals surface area (Å²) in [5, 5.41) is 22.1. The van der Waals surface area contributed by atoms with Crippen LogP contribution in [-0.2, 0) is 19.0 Å². The first kappa shape index (κ1) is 25.0. The molecule has 0 aromatic rings. The lowest BCUT2D eigenvalue weighted by Gasteiger charge is -2.40. The number of nitrogens with zero attached hydrogens (tertiary/aromatic N) is 1. The van der Waals surface area contributed by atoms with Gasteiger partial charge in [0.15, 0.2) is 5.60 Å². The summed E-state index contributed by atoms with van der Waals surface area (Å²) in [5.41, 5.74) is -4.06. The molecule has 1 fully saturated rings. The van der Waals surface area contributed by atoms with Crippen LogP contribution in [0.3, 0.4) is 0 Å². The van der Waals surface area contributed by atoms with Crippen LogP contribution in [0.5, 0.6) is 0 Å². The summed E-state index contributed by atoms with van der Waals surface area (Å²) in [7, 11) is 1.14. The largest absolute Gasteiger partial charge is 0.467 e. The van der Waals surface area contributed by atoms with Crippen molar-refractivity contribution in [3.05, 3.63) is 0 Å². The number of carbonyl (C=O) groups excluding carboxylic acids is 2. The van der Waals surface area contributed by atoms with Gasteiger partial charge in [0, 0.05) is 10.5 Å². The van der Waals surface area contributed by atoms with Gasteiger partial charge in [-0.15, -0.1) is 0 Å². The Bertz CT molecular complexity index is 582. The van der Waals surface area contributed by atoms with Crippen molar-refractivity contribution in [2.24, 2.45) is 0 Å². The van der Waals surface area contributed by atoms with E-state index in [9.17, 15) is 19.8 Å². The molecule has 8 nitrogen and oxygen atoms in total. The van der Waals surface area contributed by atoms with Gasteiger partial charge >= 0.3 is 12.1 Å². The van der Waals surface area contributed by atoms with Gasteiger partial charge in [-0.25, -0.2) is 9.59 Å². The fourth-order valence-electron chi connectivity index (χ4n) is 2.82. The van der Waals surface area contributed by atoms with Gasteiger partial charge in [-0.3, -0.25) is 4.90 Å². The summed E-state index contributed by atoms with van der Waals surface area (Å²) < 4.78 is 15.6. The van der Waals surface area contributed by atoms with Crippen molar-refractivity contribution in [1.82, 2.24) is 4.90 Å². The molecule has 164 valence electrons. The minimum absolute atomic E-state index is 0.0626. The van der Waals surface area contributed by atoms with E-state index in [1.807, 2.05) is 20.8 Å². The van der Waals surface area contributed by atoms with Crippen LogP contribution in [-0.4, -0.2) is 80.5 Å². The molecule has 9 heteroatoms. The first-order valence-corrected chi connectivity index (χ1v) is 10.2. The van der Waals surface area contributed by atoms with Crippen LogP contribution in [0.15, 0.2) is 0 Å². The molecule has 1 rings (SSSR count). The SMILES string of the molecule is COC(=O)C(O)(CSC(C)(C)C)[C@H](O)[C@H]1COC(C)(C)N1C(=O)OC(C)(C)C. The number of methoxy groups -OCH3 is 1. The van der Waals surface area contributed by atoms with E-state index in [0.717, 1.165) is 7.11 Å². The standard InChI is InChI=1S/C19H35NO7S/c1-16(2,3)27-15(23)20-12(10-26-18(20,7)8)13(21)19(24,14(22)25-9)11-28-17(4,5)6/h12-13,21,24H,10-11H2,1-9H3/t12-,13-,19?/m1/s1. The zero-order valence-electron chi connectivity index (χ0n) is 18.4. The van der Waals surface area contributed by atoms with Gasteiger partial charge in [-0.1, -0.05) is 20.8 Å². The highest BCUT2D eigenvalue weighted by atomic mass is 32.2. The quantitative estimate of drug-likeness (QED) is 0.651. The zero-order valence-corrected chi connectivity index (χ0v) is 19.2. The minimum atomic E-state index is -2.22. The Morgan fingerprint density at radius 2 is 1.79 bits per heavy atom. The first-order valence-electron chi connectivity index (χ1n) is 9.24. The monoisotopic (exact) mass is 421 g/mol. The molecule has 1 unspecified atom stereocenters. The Labute approximate surface area is 171 Å². The van der Waals surface area contributed by atoms with Gasteiger partial charge in [0.2, 0.25) is 0 Å².